The number of rotatable bonds is 6. The van der Waals surface area contributed by atoms with Crippen molar-refractivity contribution in [2.75, 3.05) is 4.90 Å². The van der Waals surface area contributed by atoms with E-state index < -0.39 is 17.5 Å². The van der Waals surface area contributed by atoms with Crippen molar-refractivity contribution in [2.45, 2.75) is 45.7 Å². The molecule has 2 heterocycles. The highest BCUT2D eigenvalue weighted by atomic mass is 32.1. The fourth-order valence-corrected chi connectivity index (χ4v) is 3.38. The quantitative estimate of drug-likeness (QED) is 0.661. The molecule has 3 aromatic rings. The summed E-state index contributed by atoms with van der Waals surface area (Å²) in [4.78, 5) is 28.1. The summed E-state index contributed by atoms with van der Waals surface area (Å²) >= 11 is 1.08. The third-order valence-electron chi connectivity index (χ3n) is 4.21. The summed E-state index contributed by atoms with van der Waals surface area (Å²) in [5, 5.41) is 8.45. The smallest absolute Gasteiger partial charge is 0.280 e. The van der Waals surface area contributed by atoms with E-state index in [1.54, 1.807) is 23.6 Å². The van der Waals surface area contributed by atoms with Gasteiger partial charge in [-0.25, -0.2) is 0 Å². The molecule has 0 aliphatic heterocycles. The monoisotopic (exact) mass is 412 g/mol. The number of hydrogen-bond donors (Lipinski definition) is 1. The zero-order chi connectivity index (χ0) is 21.0. The first-order chi connectivity index (χ1) is 13.8. The Labute approximate surface area is 173 Å². The van der Waals surface area contributed by atoms with E-state index in [2.05, 4.69) is 14.9 Å². The number of hydrogen-bond acceptors (Lipinski definition) is 6. The number of nitrogens with one attached hydrogen (secondary N) is 1. The highest BCUT2D eigenvalue weighted by Gasteiger charge is 2.37. The third kappa shape index (κ3) is 4.89. The second-order valence-corrected chi connectivity index (χ2v) is 8.26. The van der Waals surface area contributed by atoms with E-state index in [4.69, 9.17) is 4.42 Å². The maximum Gasteiger partial charge on any atom is 0.280 e. The molecule has 1 atom stereocenters. The molecule has 7 nitrogen and oxygen atoms in total. The van der Waals surface area contributed by atoms with E-state index in [1.807, 2.05) is 45.9 Å². The molecule has 8 heteroatoms. The molecule has 152 valence electrons. The molecule has 0 aliphatic carbocycles. The van der Waals surface area contributed by atoms with Gasteiger partial charge in [0.25, 0.3) is 11.8 Å². The molecule has 1 aromatic carbocycles. The van der Waals surface area contributed by atoms with Crippen molar-refractivity contribution < 1.29 is 14.0 Å². The lowest BCUT2D eigenvalue weighted by atomic mass is 10.0. The molecular weight excluding hydrogens is 388 g/mol. The highest BCUT2D eigenvalue weighted by molar-refractivity contribution is 7.03. The van der Waals surface area contributed by atoms with Gasteiger partial charge in [-0.3, -0.25) is 14.5 Å². The molecule has 0 aliphatic rings. The van der Waals surface area contributed by atoms with Gasteiger partial charge in [0.15, 0.2) is 11.7 Å². The van der Waals surface area contributed by atoms with Gasteiger partial charge in [0, 0.05) is 16.6 Å². The molecule has 2 aromatic heterocycles. The summed E-state index contributed by atoms with van der Waals surface area (Å²) in [5.74, 6) is -0.395. The predicted molar refractivity (Wildman–Crippen MR) is 112 cm³/mol. The Morgan fingerprint density at radius 2 is 2.03 bits per heavy atom. The van der Waals surface area contributed by atoms with E-state index in [-0.39, 0.29) is 11.6 Å². The topological polar surface area (TPSA) is 88.3 Å². The summed E-state index contributed by atoms with van der Waals surface area (Å²) in [6, 6.07) is 9.95. The van der Waals surface area contributed by atoms with Crippen LogP contribution in [0, 0.1) is 0 Å². The van der Waals surface area contributed by atoms with E-state index in [1.165, 1.54) is 11.2 Å². The van der Waals surface area contributed by atoms with Gasteiger partial charge >= 0.3 is 0 Å². The van der Waals surface area contributed by atoms with Crippen LogP contribution in [0.15, 0.2) is 52.5 Å². The van der Waals surface area contributed by atoms with Crippen LogP contribution in [0.5, 0.6) is 0 Å². The molecule has 0 unspecified atom stereocenters. The fourth-order valence-electron chi connectivity index (χ4n) is 2.95. The summed E-state index contributed by atoms with van der Waals surface area (Å²) in [6.07, 6.45) is 2.29. The number of anilines is 1. The average Bonchev–Trinajstić information content (AvgIpc) is 3.37. The number of aromatic nitrogens is 2. The zero-order valence-electron chi connectivity index (χ0n) is 16.9. The van der Waals surface area contributed by atoms with Gasteiger partial charge in [0.1, 0.15) is 5.76 Å². The largest absolute Gasteiger partial charge is 0.467 e. The molecule has 2 amide bonds. The Morgan fingerprint density at radius 3 is 2.62 bits per heavy atom. The number of benzene rings is 1. The molecule has 0 spiro atoms. The van der Waals surface area contributed by atoms with Crippen LogP contribution in [0.2, 0.25) is 0 Å². The molecule has 0 radical (unpaired) electrons. The maximum absolute atomic E-state index is 13.4. The Bertz CT molecular complexity index is 962. The Balaban J connectivity index is 2.14. The van der Waals surface area contributed by atoms with Crippen LogP contribution < -0.4 is 10.2 Å². The molecule has 0 saturated heterocycles. The van der Waals surface area contributed by atoms with Crippen LogP contribution in [-0.4, -0.2) is 26.9 Å². The fraction of sp³-hybridized carbons (Fsp3) is 0.333. The second kappa shape index (κ2) is 8.57. The van der Waals surface area contributed by atoms with Crippen LogP contribution >= 0.6 is 11.5 Å². The van der Waals surface area contributed by atoms with Crippen LogP contribution in [0.3, 0.4) is 0 Å². The van der Waals surface area contributed by atoms with Crippen molar-refractivity contribution in [1.29, 1.82) is 0 Å². The van der Waals surface area contributed by atoms with Crippen LogP contribution in [-0.2, 0) is 11.2 Å². The van der Waals surface area contributed by atoms with E-state index in [0.29, 0.717) is 11.4 Å². The molecule has 0 bridgehead atoms. The SMILES string of the molecule is CCc1cccc(N(C(=O)c2csnn2)[C@H](C(=O)NC(C)(C)C)c2ccco2)c1. The third-order valence-corrected chi connectivity index (χ3v) is 4.72. The molecule has 0 fully saturated rings. The van der Waals surface area contributed by atoms with Gasteiger partial charge < -0.3 is 9.73 Å². The number of furan rings is 1. The van der Waals surface area contributed by atoms with Crippen LogP contribution in [0.4, 0.5) is 5.69 Å². The highest BCUT2D eigenvalue weighted by Crippen LogP contribution is 2.31. The lowest BCUT2D eigenvalue weighted by Gasteiger charge is -2.32. The van der Waals surface area contributed by atoms with Gasteiger partial charge in [0.2, 0.25) is 0 Å². The Morgan fingerprint density at radius 1 is 1.24 bits per heavy atom. The minimum Gasteiger partial charge on any atom is -0.467 e. The first-order valence-electron chi connectivity index (χ1n) is 9.35. The second-order valence-electron chi connectivity index (χ2n) is 7.65. The minimum atomic E-state index is -0.995. The van der Waals surface area contributed by atoms with Crippen molar-refractivity contribution in [3.05, 3.63) is 65.1 Å². The van der Waals surface area contributed by atoms with Crippen molar-refractivity contribution in [3.8, 4) is 0 Å². The van der Waals surface area contributed by atoms with Gasteiger partial charge in [-0.15, -0.1) is 5.10 Å². The number of nitrogens with zero attached hydrogens (tertiary/aromatic N) is 3. The minimum absolute atomic E-state index is 0.178. The molecular formula is C21H24N4O3S. The van der Waals surface area contributed by atoms with Gasteiger partial charge in [0.05, 0.1) is 6.26 Å². The zero-order valence-corrected chi connectivity index (χ0v) is 17.7. The predicted octanol–water partition coefficient (Wildman–Crippen LogP) is 4.00. The molecule has 29 heavy (non-hydrogen) atoms. The van der Waals surface area contributed by atoms with Crippen LogP contribution in [0.25, 0.3) is 0 Å². The van der Waals surface area contributed by atoms with Crippen LogP contribution in [0.1, 0.15) is 55.5 Å². The summed E-state index contributed by atoms with van der Waals surface area (Å²) in [6.45, 7) is 7.70. The van der Waals surface area contributed by atoms with Gasteiger partial charge in [-0.05, 0) is 68.6 Å². The normalized spacial score (nSPS) is 12.4. The summed E-state index contributed by atoms with van der Waals surface area (Å²) in [7, 11) is 0. The lowest BCUT2D eigenvalue weighted by Crippen LogP contribution is -2.49. The van der Waals surface area contributed by atoms with Crippen molar-refractivity contribution in [1.82, 2.24) is 14.9 Å². The van der Waals surface area contributed by atoms with Crippen molar-refractivity contribution in [2.24, 2.45) is 0 Å². The van der Waals surface area contributed by atoms with Crippen molar-refractivity contribution in [3.63, 3.8) is 0 Å². The van der Waals surface area contributed by atoms with Gasteiger partial charge in [-0.1, -0.05) is 23.5 Å². The number of carbonyl (C=O) groups excluding carboxylic acids is 2. The maximum atomic E-state index is 13.4. The molecule has 3 rings (SSSR count). The first-order valence-corrected chi connectivity index (χ1v) is 10.2. The number of aryl methyl sites for hydroxylation is 1. The standard InChI is InChI=1S/C21H24N4O3S/c1-5-14-8-6-9-15(12-14)25(20(27)16-13-29-24-23-16)18(17-10-7-11-28-17)19(26)22-21(2,3)4/h6-13,18H,5H2,1-4H3,(H,22,26)/t18-/m0/s1. The average molecular weight is 413 g/mol. The Kier molecular flexibility index (Phi) is 6.12. The summed E-state index contributed by atoms with van der Waals surface area (Å²) in [5.41, 5.74) is 1.33. The molecule has 0 saturated carbocycles. The van der Waals surface area contributed by atoms with Gasteiger partial charge in [-0.2, -0.15) is 0 Å². The number of carbonyl (C=O) groups is 2. The lowest BCUT2D eigenvalue weighted by molar-refractivity contribution is -0.124. The molecule has 1 N–H and O–H groups in total. The van der Waals surface area contributed by atoms with E-state index in [0.717, 1.165) is 23.5 Å². The Hall–Kier alpha value is -3.00. The van der Waals surface area contributed by atoms with E-state index >= 15 is 0 Å². The van der Waals surface area contributed by atoms with E-state index in [9.17, 15) is 9.59 Å². The summed E-state index contributed by atoms with van der Waals surface area (Å²) < 4.78 is 9.37. The first kappa shape index (κ1) is 20.7. The number of amides is 2. The van der Waals surface area contributed by atoms with Crippen molar-refractivity contribution >= 4 is 29.0 Å².